The van der Waals surface area contributed by atoms with Crippen molar-refractivity contribution in [2.75, 3.05) is 51.2 Å². The molecule has 0 unspecified atom stereocenters. The molecule has 1 aliphatic heterocycles. The van der Waals surface area contributed by atoms with E-state index in [0.29, 0.717) is 35.5 Å². The Balaban J connectivity index is 2.01. The van der Waals surface area contributed by atoms with Gasteiger partial charge in [-0.2, -0.15) is 15.0 Å². The Kier molecular flexibility index (Phi) is 5.75. The number of hydrazine groups is 1. The van der Waals surface area contributed by atoms with E-state index < -0.39 is 0 Å². The van der Waals surface area contributed by atoms with E-state index in [1.807, 2.05) is 19.0 Å². The largest absolute Gasteiger partial charge is 0.361 e. The third-order valence-corrected chi connectivity index (χ3v) is 4.02. The lowest BCUT2D eigenvalue weighted by Crippen LogP contribution is -2.35. The van der Waals surface area contributed by atoms with Crippen molar-refractivity contribution < 1.29 is 0 Å². The van der Waals surface area contributed by atoms with Gasteiger partial charge in [-0.05, 0) is 6.42 Å². The Hall–Kier alpha value is -3.59. The van der Waals surface area contributed by atoms with E-state index in [9.17, 15) is 5.26 Å². The lowest BCUT2D eigenvalue weighted by molar-refractivity contribution is 0.700. The van der Waals surface area contributed by atoms with Crippen molar-refractivity contribution in [3.63, 3.8) is 0 Å². The molecule has 0 bridgehead atoms. The van der Waals surface area contributed by atoms with Crippen LogP contribution in [0, 0.1) is 11.3 Å². The zero-order valence-corrected chi connectivity index (χ0v) is 16.2. The summed E-state index contributed by atoms with van der Waals surface area (Å²) < 4.78 is 1.48. The van der Waals surface area contributed by atoms with E-state index in [4.69, 9.17) is 0 Å². The molecule has 0 spiro atoms. The van der Waals surface area contributed by atoms with Crippen LogP contribution in [0.2, 0.25) is 0 Å². The molecule has 2 aromatic heterocycles. The fourth-order valence-corrected chi connectivity index (χ4v) is 2.41. The van der Waals surface area contributed by atoms with Crippen LogP contribution in [0.4, 0.5) is 23.3 Å². The number of rotatable bonds is 5. The molecule has 0 saturated carbocycles. The number of anilines is 2. The number of hydrogen-bond acceptors (Lipinski definition) is 11. The first-order valence-corrected chi connectivity index (χ1v) is 8.69. The normalized spacial score (nSPS) is 13.8. The van der Waals surface area contributed by atoms with Gasteiger partial charge in [0.25, 0.3) is 0 Å². The summed E-state index contributed by atoms with van der Waals surface area (Å²) in [6.45, 7) is 1.47. The summed E-state index contributed by atoms with van der Waals surface area (Å²) in [4.78, 5) is 15.1. The van der Waals surface area contributed by atoms with Gasteiger partial charge in [-0.1, -0.05) is 0 Å². The van der Waals surface area contributed by atoms with Gasteiger partial charge >= 0.3 is 0 Å². The number of aliphatic imine (C=N–C) groups is 1. The molecule has 0 aliphatic carbocycles. The molecule has 0 amide bonds. The molecule has 0 atom stereocenters. The minimum absolute atomic E-state index is 0.284. The maximum Gasteiger partial charge on any atom is 0.221 e. The zero-order valence-electron chi connectivity index (χ0n) is 16.2. The van der Waals surface area contributed by atoms with Crippen molar-refractivity contribution in [2.45, 2.75) is 6.42 Å². The van der Waals surface area contributed by atoms with Crippen LogP contribution in [0.1, 0.15) is 12.0 Å². The number of aromatic nitrogens is 4. The summed E-state index contributed by atoms with van der Waals surface area (Å²) >= 11 is 0. The number of nitriles is 1. The Labute approximate surface area is 162 Å². The SMILES string of the molecule is CNN(C)c1nc(N(C)C)cnc1N=Nc1c(C#N)cnn1C1=NCCCN1. The standard InChI is InChI=1S/C16H22N12/c1-18-27(4)15-13(21-10-12(23-15)26(2)3)24-25-14-11(8-17)9-22-28(14)16-19-6-5-7-20-16/h9-10,18H,5-7H2,1-4H3,(H,19,20). The van der Waals surface area contributed by atoms with Gasteiger partial charge < -0.3 is 10.2 Å². The van der Waals surface area contributed by atoms with Crippen molar-refractivity contribution in [1.29, 1.82) is 5.26 Å². The van der Waals surface area contributed by atoms with Crippen molar-refractivity contribution in [1.82, 2.24) is 30.5 Å². The van der Waals surface area contributed by atoms with Crippen LogP contribution >= 0.6 is 0 Å². The number of nitrogens with zero attached hydrogens (tertiary/aromatic N) is 10. The highest BCUT2D eigenvalue weighted by molar-refractivity contribution is 5.85. The van der Waals surface area contributed by atoms with Gasteiger partial charge in [0.15, 0.2) is 11.6 Å². The molecular weight excluding hydrogens is 360 g/mol. The Bertz CT molecular complexity index is 936. The maximum absolute atomic E-state index is 9.39. The quantitative estimate of drug-likeness (QED) is 0.572. The average Bonchev–Trinajstić information content (AvgIpc) is 3.15. The van der Waals surface area contributed by atoms with E-state index in [0.717, 1.165) is 13.0 Å². The van der Waals surface area contributed by atoms with Gasteiger partial charge in [0.1, 0.15) is 17.5 Å². The van der Waals surface area contributed by atoms with Gasteiger partial charge in [0, 0.05) is 41.3 Å². The van der Waals surface area contributed by atoms with E-state index in [2.05, 4.69) is 47.1 Å². The van der Waals surface area contributed by atoms with Crippen molar-refractivity contribution >= 4 is 29.2 Å². The molecule has 0 fully saturated rings. The highest BCUT2D eigenvalue weighted by atomic mass is 15.5. The van der Waals surface area contributed by atoms with Crippen molar-refractivity contribution in [3.05, 3.63) is 18.0 Å². The van der Waals surface area contributed by atoms with Gasteiger partial charge in [-0.25, -0.2) is 15.4 Å². The minimum atomic E-state index is 0.284. The van der Waals surface area contributed by atoms with Crippen LogP contribution in [-0.2, 0) is 0 Å². The van der Waals surface area contributed by atoms with Crippen LogP contribution in [0.5, 0.6) is 0 Å². The maximum atomic E-state index is 9.39. The molecule has 3 heterocycles. The predicted molar refractivity (Wildman–Crippen MR) is 105 cm³/mol. The number of hydrogen-bond donors (Lipinski definition) is 2. The van der Waals surface area contributed by atoms with Crippen LogP contribution in [-0.4, -0.2) is 67.0 Å². The van der Waals surface area contributed by atoms with Gasteiger partial charge in [-0.15, -0.1) is 10.2 Å². The lowest BCUT2D eigenvalue weighted by Gasteiger charge is -2.19. The molecule has 3 rings (SSSR count). The molecular formula is C16H22N12. The van der Waals surface area contributed by atoms with E-state index >= 15 is 0 Å². The highest BCUT2D eigenvalue weighted by Crippen LogP contribution is 2.27. The average molecular weight is 382 g/mol. The first kappa shape index (κ1) is 19.2. The second-order valence-electron chi connectivity index (χ2n) is 6.14. The minimum Gasteiger partial charge on any atom is -0.361 e. The Morgan fingerprint density at radius 1 is 1.29 bits per heavy atom. The fraction of sp³-hybridized carbons (Fsp3) is 0.438. The summed E-state index contributed by atoms with van der Waals surface area (Å²) in [6.07, 6.45) is 3.99. The van der Waals surface area contributed by atoms with Crippen LogP contribution < -0.4 is 20.7 Å². The molecule has 146 valence electrons. The third-order valence-electron chi connectivity index (χ3n) is 4.02. The van der Waals surface area contributed by atoms with Crippen molar-refractivity contribution in [3.8, 4) is 6.07 Å². The summed E-state index contributed by atoms with van der Waals surface area (Å²) in [6, 6.07) is 2.08. The lowest BCUT2D eigenvalue weighted by atomic mass is 10.3. The van der Waals surface area contributed by atoms with Gasteiger partial charge in [-0.3, -0.25) is 10.0 Å². The summed E-state index contributed by atoms with van der Waals surface area (Å²) in [5.41, 5.74) is 3.27. The molecule has 28 heavy (non-hydrogen) atoms. The van der Waals surface area contributed by atoms with Crippen LogP contribution in [0.3, 0.4) is 0 Å². The second-order valence-corrected chi connectivity index (χ2v) is 6.14. The molecule has 1 aliphatic rings. The Morgan fingerprint density at radius 2 is 2.11 bits per heavy atom. The molecule has 0 saturated heterocycles. The topological polar surface area (TPSA) is 135 Å². The molecule has 2 aromatic rings. The first-order valence-electron chi connectivity index (χ1n) is 8.69. The van der Waals surface area contributed by atoms with E-state index in [1.165, 1.54) is 10.9 Å². The summed E-state index contributed by atoms with van der Waals surface area (Å²) in [5.74, 6) is 2.31. The highest BCUT2D eigenvalue weighted by Gasteiger charge is 2.18. The molecule has 0 aromatic carbocycles. The molecule has 2 N–H and O–H groups in total. The van der Waals surface area contributed by atoms with E-state index in [-0.39, 0.29) is 5.82 Å². The number of azo groups is 1. The number of nitrogens with one attached hydrogen (secondary N) is 2. The van der Waals surface area contributed by atoms with Crippen molar-refractivity contribution in [2.24, 2.45) is 15.2 Å². The Morgan fingerprint density at radius 3 is 2.75 bits per heavy atom. The molecule has 0 radical (unpaired) electrons. The monoisotopic (exact) mass is 382 g/mol. The first-order chi connectivity index (χ1) is 13.5. The zero-order chi connectivity index (χ0) is 20.1. The fourth-order valence-electron chi connectivity index (χ4n) is 2.41. The second kappa shape index (κ2) is 8.40. The van der Waals surface area contributed by atoms with Gasteiger partial charge in [0.2, 0.25) is 11.8 Å². The van der Waals surface area contributed by atoms with Crippen LogP contribution in [0.15, 0.2) is 27.6 Å². The summed E-state index contributed by atoms with van der Waals surface area (Å²) in [7, 11) is 7.32. The van der Waals surface area contributed by atoms with Crippen LogP contribution in [0.25, 0.3) is 0 Å². The molecule has 12 heteroatoms. The predicted octanol–water partition coefficient (Wildman–Crippen LogP) is 0.794. The smallest absolute Gasteiger partial charge is 0.221 e. The third kappa shape index (κ3) is 3.89. The molecule has 12 nitrogen and oxygen atoms in total. The summed E-state index contributed by atoms with van der Waals surface area (Å²) in [5, 5.41) is 26.9. The van der Waals surface area contributed by atoms with E-state index in [1.54, 1.807) is 25.3 Å². The van der Waals surface area contributed by atoms with Gasteiger partial charge in [0.05, 0.1) is 12.4 Å².